The number of hydrogen-bond acceptors (Lipinski definition) is 5. The summed E-state index contributed by atoms with van der Waals surface area (Å²) in [7, 11) is -3.72. The fraction of sp³-hybridized carbons (Fsp3) is 0.316. The molecule has 0 spiro atoms. The van der Waals surface area contributed by atoms with E-state index in [-0.39, 0.29) is 23.4 Å². The van der Waals surface area contributed by atoms with E-state index in [9.17, 15) is 13.2 Å². The first kappa shape index (κ1) is 19.7. The molecule has 2 aromatic carbocycles. The Morgan fingerprint density at radius 1 is 1.22 bits per heavy atom. The van der Waals surface area contributed by atoms with Gasteiger partial charge in [0, 0.05) is 11.4 Å². The van der Waals surface area contributed by atoms with Crippen LogP contribution in [0.3, 0.4) is 0 Å². The summed E-state index contributed by atoms with van der Waals surface area (Å²) in [6.07, 6.45) is 1.03. The van der Waals surface area contributed by atoms with Gasteiger partial charge in [-0.05, 0) is 48.9 Å². The first-order valence-electron chi connectivity index (χ1n) is 8.73. The molecule has 6 nitrogen and oxygen atoms in total. The van der Waals surface area contributed by atoms with Gasteiger partial charge in [0.05, 0.1) is 23.2 Å². The number of thioether (sulfide) groups is 1. The second-order valence-electron chi connectivity index (χ2n) is 6.49. The summed E-state index contributed by atoms with van der Waals surface area (Å²) in [5, 5.41) is 8.10. The standard InChI is InChI=1S/C19H23N3O3S2/c1-14(15-7-9-16(10-8-15)27(20,24)25)21-19(23)13-22-11-4-12-26-18-6-3-2-5-17(18)22/h2-3,5-10,14H,4,11-13H2,1H3,(H,21,23)(H2,20,24,25). The Bertz CT molecular complexity index is 914. The van der Waals surface area contributed by atoms with E-state index < -0.39 is 10.0 Å². The lowest BCUT2D eigenvalue weighted by Gasteiger charge is -2.25. The lowest BCUT2D eigenvalue weighted by atomic mass is 10.1. The van der Waals surface area contributed by atoms with Crippen LogP contribution in [0.5, 0.6) is 0 Å². The molecule has 3 rings (SSSR count). The van der Waals surface area contributed by atoms with Gasteiger partial charge in [-0.3, -0.25) is 4.79 Å². The molecule has 2 aromatic rings. The Hall–Kier alpha value is -2.03. The van der Waals surface area contributed by atoms with E-state index in [1.807, 2.05) is 30.8 Å². The summed E-state index contributed by atoms with van der Waals surface area (Å²) in [5.74, 6) is 0.974. The van der Waals surface area contributed by atoms with Crippen molar-refractivity contribution < 1.29 is 13.2 Å². The normalized spacial score (nSPS) is 15.6. The van der Waals surface area contributed by atoms with Gasteiger partial charge in [0.15, 0.2) is 0 Å². The highest BCUT2D eigenvalue weighted by molar-refractivity contribution is 7.99. The molecule has 3 N–H and O–H groups in total. The number of carbonyl (C=O) groups excluding carboxylic acids is 1. The molecule has 144 valence electrons. The van der Waals surface area contributed by atoms with Gasteiger partial charge in [0.25, 0.3) is 0 Å². The molecular formula is C19H23N3O3S2. The smallest absolute Gasteiger partial charge is 0.239 e. The molecule has 1 aliphatic heterocycles. The van der Waals surface area contributed by atoms with Crippen molar-refractivity contribution in [1.82, 2.24) is 5.32 Å². The van der Waals surface area contributed by atoms with Crippen molar-refractivity contribution in [3.05, 3.63) is 54.1 Å². The highest BCUT2D eigenvalue weighted by atomic mass is 32.2. The van der Waals surface area contributed by atoms with E-state index in [4.69, 9.17) is 5.14 Å². The van der Waals surface area contributed by atoms with Crippen LogP contribution < -0.4 is 15.4 Å². The maximum atomic E-state index is 12.6. The minimum Gasteiger partial charge on any atom is -0.361 e. The number of nitrogens with zero attached hydrogens (tertiary/aromatic N) is 1. The Balaban J connectivity index is 1.65. The minimum absolute atomic E-state index is 0.0588. The van der Waals surface area contributed by atoms with Gasteiger partial charge >= 0.3 is 0 Å². The number of nitrogens with two attached hydrogens (primary N) is 1. The maximum absolute atomic E-state index is 12.6. The Morgan fingerprint density at radius 2 is 1.93 bits per heavy atom. The van der Waals surface area contributed by atoms with E-state index in [0.717, 1.165) is 30.0 Å². The molecule has 1 atom stereocenters. The highest BCUT2D eigenvalue weighted by Gasteiger charge is 2.19. The molecular weight excluding hydrogens is 382 g/mol. The van der Waals surface area contributed by atoms with Crippen molar-refractivity contribution >= 4 is 33.4 Å². The summed E-state index contributed by atoms with van der Waals surface area (Å²) >= 11 is 1.82. The lowest BCUT2D eigenvalue weighted by molar-refractivity contribution is -0.120. The Kier molecular flexibility index (Phi) is 6.08. The van der Waals surface area contributed by atoms with Gasteiger partial charge in [0.1, 0.15) is 0 Å². The van der Waals surface area contributed by atoms with Crippen molar-refractivity contribution in [2.75, 3.05) is 23.7 Å². The summed E-state index contributed by atoms with van der Waals surface area (Å²) in [6, 6.07) is 14.2. The SMILES string of the molecule is CC(NC(=O)CN1CCCSc2ccccc21)c1ccc(S(N)(=O)=O)cc1. The number of nitrogens with one attached hydrogen (secondary N) is 1. The Labute approximate surface area is 164 Å². The van der Waals surface area contributed by atoms with Gasteiger partial charge < -0.3 is 10.2 Å². The van der Waals surface area contributed by atoms with Gasteiger partial charge in [-0.15, -0.1) is 11.8 Å². The second kappa shape index (κ2) is 8.33. The molecule has 0 aliphatic carbocycles. The van der Waals surface area contributed by atoms with E-state index in [1.165, 1.54) is 17.0 Å². The molecule has 0 saturated heterocycles. The predicted molar refractivity (Wildman–Crippen MR) is 108 cm³/mol. The van der Waals surface area contributed by atoms with E-state index in [2.05, 4.69) is 22.3 Å². The van der Waals surface area contributed by atoms with Crippen molar-refractivity contribution in [2.45, 2.75) is 29.2 Å². The van der Waals surface area contributed by atoms with Crippen molar-refractivity contribution in [3.63, 3.8) is 0 Å². The minimum atomic E-state index is -3.72. The third kappa shape index (κ3) is 5.03. The van der Waals surface area contributed by atoms with Crippen LogP contribution in [0.2, 0.25) is 0 Å². The number of amides is 1. The first-order valence-corrected chi connectivity index (χ1v) is 11.3. The van der Waals surface area contributed by atoms with Crippen LogP contribution in [0.25, 0.3) is 0 Å². The largest absolute Gasteiger partial charge is 0.361 e. The van der Waals surface area contributed by atoms with Crippen LogP contribution in [-0.2, 0) is 14.8 Å². The third-order valence-electron chi connectivity index (χ3n) is 4.46. The molecule has 0 fully saturated rings. The van der Waals surface area contributed by atoms with E-state index >= 15 is 0 Å². The van der Waals surface area contributed by atoms with Gasteiger partial charge in [-0.2, -0.15) is 0 Å². The zero-order chi connectivity index (χ0) is 19.4. The molecule has 0 bridgehead atoms. The molecule has 1 amide bonds. The van der Waals surface area contributed by atoms with Crippen molar-refractivity contribution in [3.8, 4) is 0 Å². The quantitative estimate of drug-likeness (QED) is 0.797. The van der Waals surface area contributed by atoms with Crippen molar-refractivity contribution in [2.24, 2.45) is 5.14 Å². The van der Waals surface area contributed by atoms with E-state index in [0.29, 0.717) is 0 Å². The molecule has 8 heteroatoms. The number of para-hydroxylation sites is 1. The molecule has 0 aromatic heterocycles. The summed E-state index contributed by atoms with van der Waals surface area (Å²) in [6.45, 7) is 3.00. The molecule has 27 heavy (non-hydrogen) atoms. The average molecular weight is 406 g/mol. The van der Waals surface area contributed by atoms with E-state index in [1.54, 1.807) is 12.1 Å². The topological polar surface area (TPSA) is 92.5 Å². The summed E-state index contributed by atoms with van der Waals surface area (Å²) in [4.78, 5) is 15.9. The number of anilines is 1. The van der Waals surface area contributed by atoms with Gasteiger partial charge in [-0.1, -0.05) is 24.3 Å². The number of sulfonamides is 1. The second-order valence-corrected chi connectivity index (χ2v) is 9.19. The first-order chi connectivity index (χ1) is 12.8. The van der Waals surface area contributed by atoms with Crippen molar-refractivity contribution in [1.29, 1.82) is 0 Å². The van der Waals surface area contributed by atoms with Crippen LogP contribution in [0, 0.1) is 0 Å². The summed E-state index contributed by atoms with van der Waals surface area (Å²) < 4.78 is 22.7. The average Bonchev–Trinajstić information content (AvgIpc) is 2.83. The summed E-state index contributed by atoms with van der Waals surface area (Å²) in [5.41, 5.74) is 1.92. The molecule has 1 heterocycles. The molecule has 0 saturated carbocycles. The monoisotopic (exact) mass is 405 g/mol. The maximum Gasteiger partial charge on any atom is 0.239 e. The number of hydrogen-bond donors (Lipinski definition) is 2. The highest BCUT2D eigenvalue weighted by Crippen LogP contribution is 2.33. The third-order valence-corrected chi connectivity index (χ3v) is 6.53. The number of carbonyl (C=O) groups is 1. The zero-order valence-electron chi connectivity index (χ0n) is 15.1. The lowest BCUT2D eigenvalue weighted by Crippen LogP contribution is -2.38. The van der Waals surface area contributed by atoms with Crippen LogP contribution in [0.1, 0.15) is 24.9 Å². The predicted octanol–water partition coefficient (Wildman–Crippen LogP) is 2.51. The zero-order valence-corrected chi connectivity index (χ0v) is 16.7. The molecule has 1 aliphatic rings. The number of primary sulfonamides is 1. The Morgan fingerprint density at radius 3 is 2.63 bits per heavy atom. The fourth-order valence-corrected chi connectivity index (χ4v) is 4.58. The number of benzene rings is 2. The van der Waals surface area contributed by atoms with Crippen LogP contribution in [0.4, 0.5) is 5.69 Å². The van der Waals surface area contributed by atoms with Gasteiger partial charge in [0.2, 0.25) is 15.9 Å². The van der Waals surface area contributed by atoms with Crippen LogP contribution in [0.15, 0.2) is 58.3 Å². The number of rotatable bonds is 5. The molecule has 1 unspecified atom stereocenters. The van der Waals surface area contributed by atoms with Gasteiger partial charge in [-0.25, -0.2) is 13.6 Å². The number of fused-ring (bicyclic) bond motifs is 1. The van der Waals surface area contributed by atoms with Crippen LogP contribution >= 0.6 is 11.8 Å². The molecule has 0 radical (unpaired) electrons. The fourth-order valence-electron chi connectivity index (χ4n) is 3.05. The van der Waals surface area contributed by atoms with Crippen LogP contribution in [-0.4, -0.2) is 33.2 Å².